The molecule has 2 rings (SSSR count). The van der Waals surface area contributed by atoms with Crippen molar-refractivity contribution in [2.24, 2.45) is 5.73 Å². The van der Waals surface area contributed by atoms with E-state index in [2.05, 4.69) is 5.10 Å². The molecule has 2 N–H and O–H groups in total. The quantitative estimate of drug-likeness (QED) is 0.824. The molecule has 0 atom stereocenters. The second kappa shape index (κ2) is 4.40. The van der Waals surface area contributed by atoms with E-state index < -0.39 is 0 Å². The van der Waals surface area contributed by atoms with Crippen LogP contribution in [0.3, 0.4) is 0 Å². The van der Waals surface area contributed by atoms with E-state index in [0.29, 0.717) is 17.7 Å². The third-order valence-electron chi connectivity index (χ3n) is 2.22. The molecule has 0 radical (unpaired) electrons. The average Bonchev–Trinajstić information content (AvgIpc) is 2.73. The second-order valence-corrected chi connectivity index (χ2v) is 3.81. The fraction of sp³-hybridized carbons (Fsp3) is 0.0909. The minimum Gasteiger partial charge on any atom is -0.389 e. The van der Waals surface area contributed by atoms with Gasteiger partial charge in [0.25, 0.3) is 0 Å². The maximum atomic E-state index is 13.5. The van der Waals surface area contributed by atoms with Crippen LogP contribution in [0.25, 0.3) is 0 Å². The van der Waals surface area contributed by atoms with Crippen molar-refractivity contribution in [3.63, 3.8) is 0 Å². The van der Waals surface area contributed by atoms with E-state index in [1.165, 1.54) is 6.07 Å². The third-order valence-corrected chi connectivity index (χ3v) is 2.46. The van der Waals surface area contributed by atoms with E-state index in [-0.39, 0.29) is 10.8 Å². The lowest BCUT2D eigenvalue weighted by Gasteiger charge is -2.06. The van der Waals surface area contributed by atoms with Gasteiger partial charge in [0.05, 0.1) is 6.54 Å². The Morgan fingerprint density at radius 2 is 2.31 bits per heavy atom. The minimum absolute atomic E-state index is 0.265. The Kier molecular flexibility index (Phi) is 2.96. The van der Waals surface area contributed by atoms with Crippen LogP contribution in [0.15, 0.2) is 36.7 Å². The topological polar surface area (TPSA) is 43.8 Å². The van der Waals surface area contributed by atoms with Crippen LogP contribution in [-0.2, 0) is 6.54 Å². The number of halogens is 1. The van der Waals surface area contributed by atoms with Gasteiger partial charge in [-0.25, -0.2) is 4.39 Å². The second-order valence-electron chi connectivity index (χ2n) is 3.37. The summed E-state index contributed by atoms with van der Waals surface area (Å²) in [6.45, 7) is 0.370. The van der Waals surface area contributed by atoms with Crippen LogP contribution in [0.2, 0.25) is 0 Å². The van der Waals surface area contributed by atoms with Crippen LogP contribution in [0, 0.1) is 5.82 Å². The van der Waals surface area contributed by atoms with Gasteiger partial charge in [-0.3, -0.25) is 4.68 Å². The SMILES string of the molecule is NC(=S)c1ccc(F)c(Cn2cccn2)c1. The summed E-state index contributed by atoms with van der Waals surface area (Å²) in [5, 5.41) is 4.01. The molecule has 0 aliphatic carbocycles. The Morgan fingerprint density at radius 1 is 1.50 bits per heavy atom. The monoisotopic (exact) mass is 235 g/mol. The van der Waals surface area contributed by atoms with Gasteiger partial charge in [-0.15, -0.1) is 0 Å². The highest BCUT2D eigenvalue weighted by atomic mass is 32.1. The largest absolute Gasteiger partial charge is 0.389 e. The zero-order valence-corrected chi connectivity index (χ0v) is 9.25. The summed E-state index contributed by atoms with van der Waals surface area (Å²) in [5.74, 6) is -0.282. The molecule has 2 aromatic rings. The van der Waals surface area contributed by atoms with Crippen molar-refractivity contribution < 1.29 is 4.39 Å². The first-order chi connectivity index (χ1) is 7.66. The molecule has 0 saturated carbocycles. The molecule has 0 bridgehead atoms. The summed E-state index contributed by atoms with van der Waals surface area (Å²) >= 11 is 4.85. The lowest BCUT2D eigenvalue weighted by atomic mass is 10.1. The molecule has 0 saturated heterocycles. The molecule has 82 valence electrons. The van der Waals surface area contributed by atoms with Gasteiger partial charge in [-0.2, -0.15) is 5.10 Å². The predicted molar refractivity (Wildman–Crippen MR) is 63.6 cm³/mol. The lowest BCUT2D eigenvalue weighted by Crippen LogP contribution is -2.11. The fourth-order valence-electron chi connectivity index (χ4n) is 1.42. The van der Waals surface area contributed by atoms with Gasteiger partial charge in [0.1, 0.15) is 10.8 Å². The molecule has 0 spiro atoms. The molecule has 0 amide bonds. The van der Waals surface area contributed by atoms with Gasteiger partial charge in [-0.05, 0) is 24.3 Å². The molecule has 1 aromatic carbocycles. The van der Waals surface area contributed by atoms with Crippen LogP contribution in [0.4, 0.5) is 4.39 Å². The Labute approximate surface area is 97.7 Å². The van der Waals surface area contributed by atoms with Crippen molar-refractivity contribution in [3.05, 3.63) is 53.6 Å². The summed E-state index contributed by atoms with van der Waals surface area (Å²) in [6, 6.07) is 6.38. The highest BCUT2D eigenvalue weighted by molar-refractivity contribution is 7.80. The standard InChI is InChI=1S/C11H10FN3S/c12-10-3-2-8(11(13)16)6-9(10)7-15-5-1-4-14-15/h1-6H,7H2,(H2,13,16). The van der Waals surface area contributed by atoms with Crippen molar-refractivity contribution in [1.29, 1.82) is 0 Å². The molecule has 5 heteroatoms. The number of rotatable bonds is 3. The Morgan fingerprint density at radius 3 is 2.94 bits per heavy atom. The highest BCUT2D eigenvalue weighted by Crippen LogP contribution is 2.12. The Bertz CT molecular complexity index is 508. The third kappa shape index (κ3) is 2.25. The minimum atomic E-state index is -0.282. The van der Waals surface area contributed by atoms with Crippen LogP contribution in [-0.4, -0.2) is 14.8 Å². The normalized spacial score (nSPS) is 10.3. The van der Waals surface area contributed by atoms with Gasteiger partial charge in [0.2, 0.25) is 0 Å². The molecule has 3 nitrogen and oxygen atoms in total. The predicted octanol–water partition coefficient (Wildman–Crippen LogP) is 1.70. The van der Waals surface area contributed by atoms with Gasteiger partial charge >= 0.3 is 0 Å². The number of hydrogen-bond donors (Lipinski definition) is 1. The molecule has 0 aliphatic rings. The first-order valence-corrected chi connectivity index (χ1v) is 5.13. The number of nitrogens with two attached hydrogens (primary N) is 1. The maximum Gasteiger partial charge on any atom is 0.128 e. The van der Waals surface area contributed by atoms with E-state index in [0.717, 1.165) is 0 Å². The highest BCUT2D eigenvalue weighted by Gasteiger charge is 2.06. The van der Waals surface area contributed by atoms with Gasteiger partial charge in [0.15, 0.2) is 0 Å². The van der Waals surface area contributed by atoms with Crippen LogP contribution in [0.1, 0.15) is 11.1 Å². The van der Waals surface area contributed by atoms with Gasteiger partial charge < -0.3 is 5.73 Å². The first-order valence-electron chi connectivity index (χ1n) is 4.72. The molecule has 0 fully saturated rings. The van der Waals surface area contributed by atoms with Crippen LogP contribution in [0.5, 0.6) is 0 Å². The summed E-state index contributed by atoms with van der Waals surface area (Å²) < 4.78 is 15.1. The van der Waals surface area contributed by atoms with E-state index >= 15 is 0 Å². The number of aromatic nitrogens is 2. The van der Waals surface area contributed by atoms with Crippen LogP contribution < -0.4 is 5.73 Å². The molecule has 0 aliphatic heterocycles. The van der Waals surface area contributed by atoms with Crippen molar-refractivity contribution >= 4 is 17.2 Å². The number of benzene rings is 1. The zero-order valence-electron chi connectivity index (χ0n) is 8.43. The maximum absolute atomic E-state index is 13.5. The fourth-order valence-corrected chi connectivity index (χ4v) is 1.54. The van der Waals surface area contributed by atoms with Crippen molar-refractivity contribution in [1.82, 2.24) is 9.78 Å². The summed E-state index contributed by atoms with van der Waals surface area (Å²) in [5.41, 5.74) is 6.68. The number of nitrogens with zero attached hydrogens (tertiary/aromatic N) is 2. The number of thiocarbonyl (C=S) groups is 1. The summed E-state index contributed by atoms with van der Waals surface area (Å²) in [4.78, 5) is 0.265. The van der Waals surface area contributed by atoms with E-state index in [1.807, 2.05) is 0 Å². The van der Waals surface area contributed by atoms with Gasteiger partial charge in [-0.1, -0.05) is 12.2 Å². The average molecular weight is 235 g/mol. The molecular weight excluding hydrogens is 225 g/mol. The van der Waals surface area contributed by atoms with E-state index in [9.17, 15) is 4.39 Å². The molecular formula is C11H10FN3S. The van der Waals surface area contributed by atoms with Crippen molar-refractivity contribution in [2.45, 2.75) is 6.54 Å². The van der Waals surface area contributed by atoms with Crippen molar-refractivity contribution in [3.8, 4) is 0 Å². The summed E-state index contributed by atoms with van der Waals surface area (Å²) in [6.07, 6.45) is 3.42. The summed E-state index contributed by atoms with van der Waals surface area (Å²) in [7, 11) is 0. The van der Waals surface area contributed by atoms with E-state index in [1.54, 1.807) is 35.3 Å². The van der Waals surface area contributed by atoms with Crippen molar-refractivity contribution in [2.75, 3.05) is 0 Å². The first kappa shape index (κ1) is 10.8. The lowest BCUT2D eigenvalue weighted by molar-refractivity contribution is 0.585. The Hall–Kier alpha value is -1.75. The zero-order chi connectivity index (χ0) is 11.5. The smallest absolute Gasteiger partial charge is 0.128 e. The molecule has 16 heavy (non-hydrogen) atoms. The van der Waals surface area contributed by atoms with E-state index in [4.69, 9.17) is 18.0 Å². The number of hydrogen-bond acceptors (Lipinski definition) is 2. The van der Waals surface area contributed by atoms with Crippen LogP contribution >= 0.6 is 12.2 Å². The Balaban J connectivity index is 2.32. The van der Waals surface area contributed by atoms with Gasteiger partial charge in [0, 0.05) is 23.5 Å². The molecule has 0 unspecified atom stereocenters. The molecule has 1 aromatic heterocycles. The molecule has 1 heterocycles.